The van der Waals surface area contributed by atoms with E-state index in [2.05, 4.69) is 10.1 Å². The Labute approximate surface area is 96.3 Å². The zero-order valence-electron chi connectivity index (χ0n) is 8.38. The Morgan fingerprint density at radius 2 is 2.12 bits per heavy atom. The summed E-state index contributed by atoms with van der Waals surface area (Å²) in [6.45, 7) is 0. The summed E-state index contributed by atoms with van der Waals surface area (Å²) in [4.78, 5) is 14.6. The van der Waals surface area contributed by atoms with Gasteiger partial charge in [0.05, 0.1) is 5.02 Å². The Morgan fingerprint density at radius 1 is 1.44 bits per heavy atom. The van der Waals surface area contributed by atoms with Gasteiger partial charge in [-0.15, -0.1) is 5.10 Å². The first-order valence-electron chi connectivity index (χ1n) is 4.49. The molecule has 16 heavy (non-hydrogen) atoms. The molecular weight excluding hydrogens is 230 g/mol. The van der Waals surface area contributed by atoms with Crippen molar-refractivity contribution in [2.45, 2.75) is 0 Å². The fraction of sp³-hybridized carbons (Fsp3) is 0.100. The summed E-state index contributed by atoms with van der Waals surface area (Å²) in [5.74, 6) is -0.964. The van der Waals surface area contributed by atoms with E-state index in [1.165, 1.54) is 4.68 Å². The number of halogens is 1. The maximum absolute atomic E-state index is 10.7. The van der Waals surface area contributed by atoms with Crippen molar-refractivity contribution in [2.75, 3.05) is 0 Å². The van der Waals surface area contributed by atoms with Gasteiger partial charge in [0.25, 0.3) is 5.82 Å². The van der Waals surface area contributed by atoms with Gasteiger partial charge >= 0.3 is 5.97 Å². The van der Waals surface area contributed by atoms with Gasteiger partial charge in [0.1, 0.15) is 0 Å². The first kappa shape index (κ1) is 10.6. The van der Waals surface area contributed by atoms with E-state index in [1.807, 2.05) is 0 Å². The van der Waals surface area contributed by atoms with Crippen LogP contribution in [-0.4, -0.2) is 25.8 Å². The van der Waals surface area contributed by atoms with Crippen LogP contribution in [0, 0.1) is 0 Å². The average Bonchev–Trinajstić information content (AvgIpc) is 2.61. The van der Waals surface area contributed by atoms with Crippen LogP contribution in [0.3, 0.4) is 0 Å². The topological polar surface area (TPSA) is 68.0 Å². The molecule has 1 heterocycles. The SMILES string of the molecule is Cn1nc(C(=O)O)nc1-c1ccccc1Cl. The van der Waals surface area contributed by atoms with Crippen molar-refractivity contribution in [1.29, 1.82) is 0 Å². The molecule has 0 amide bonds. The Hall–Kier alpha value is -1.88. The van der Waals surface area contributed by atoms with E-state index in [0.29, 0.717) is 16.4 Å². The second kappa shape index (κ2) is 3.94. The molecule has 2 aromatic rings. The summed E-state index contributed by atoms with van der Waals surface area (Å²) in [5, 5.41) is 13.1. The Kier molecular flexibility index (Phi) is 2.62. The van der Waals surface area contributed by atoms with Crippen LogP contribution in [0.2, 0.25) is 5.02 Å². The van der Waals surface area contributed by atoms with Crippen molar-refractivity contribution >= 4 is 17.6 Å². The Morgan fingerprint density at radius 3 is 2.69 bits per heavy atom. The Bertz CT molecular complexity index is 551. The van der Waals surface area contributed by atoms with Crippen LogP contribution in [0.4, 0.5) is 0 Å². The number of nitrogens with zero attached hydrogens (tertiary/aromatic N) is 3. The second-order valence-electron chi connectivity index (χ2n) is 3.17. The standard InChI is InChI=1S/C10H8ClN3O2/c1-14-9(12-8(13-14)10(15)16)6-4-2-3-5-7(6)11/h2-5H,1H3,(H,15,16). The molecule has 0 saturated carbocycles. The van der Waals surface area contributed by atoms with E-state index in [0.717, 1.165) is 0 Å². The lowest BCUT2D eigenvalue weighted by Crippen LogP contribution is -2.00. The van der Waals surface area contributed by atoms with Crippen LogP contribution in [-0.2, 0) is 7.05 Å². The minimum Gasteiger partial charge on any atom is -0.475 e. The van der Waals surface area contributed by atoms with Gasteiger partial charge in [-0.05, 0) is 12.1 Å². The van der Waals surface area contributed by atoms with Crippen molar-refractivity contribution in [1.82, 2.24) is 14.8 Å². The molecule has 2 rings (SSSR count). The molecule has 5 nitrogen and oxygen atoms in total. The summed E-state index contributed by atoms with van der Waals surface area (Å²) in [6.07, 6.45) is 0. The van der Waals surface area contributed by atoms with Gasteiger partial charge < -0.3 is 5.11 Å². The minimum atomic E-state index is -1.16. The Balaban J connectivity index is 2.57. The number of carboxylic acids is 1. The van der Waals surface area contributed by atoms with E-state index in [-0.39, 0.29) is 5.82 Å². The van der Waals surface area contributed by atoms with Crippen molar-refractivity contribution < 1.29 is 9.90 Å². The van der Waals surface area contributed by atoms with Gasteiger partial charge in [-0.2, -0.15) is 0 Å². The molecule has 0 bridgehead atoms. The molecule has 0 unspecified atom stereocenters. The number of rotatable bonds is 2. The lowest BCUT2D eigenvalue weighted by atomic mass is 10.2. The normalized spacial score (nSPS) is 10.4. The summed E-state index contributed by atoms with van der Waals surface area (Å²) < 4.78 is 1.39. The molecular formula is C10H8ClN3O2. The van der Waals surface area contributed by atoms with Crippen molar-refractivity contribution in [3.63, 3.8) is 0 Å². The first-order chi connectivity index (χ1) is 7.59. The number of benzene rings is 1. The van der Waals surface area contributed by atoms with E-state index in [1.54, 1.807) is 31.3 Å². The molecule has 0 spiro atoms. The van der Waals surface area contributed by atoms with E-state index < -0.39 is 5.97 Å². The van der Waals surface area contributed by atoms with Gasteiger partial charge in [-0.3, -0.25) is 0 Å². The van der Waals surface area contributed by atoms with E-state index >= 15 is 0 Å². The largest absolute Gasteiger partial charge is 0.475 e. The second-order valence-corrected chi connectivity index (χ2v) is 3.57. The van der Waals surface area contributed by atoms with Crippen molar-refractivity contribution in [3.8, 4) is 11.4 Å². The molecule has 1 N–H and O–H groups in total. The number of hydrogen-bond donors (Lipinski definition) is 1. The molecule has 6 heteroatoms. The highest BCUT2D eigenvalue weighted by Crippen LogP contribution is 2.25. The summed E-state index contributed by atoms with van der Waals surface area (Å²) in [5.41, 5.74) is 0.659. The minimum absolute atomic E-state index is 0.239. The maximum atomic E-state index is 10.7. The summed E-state index contributed by atoms with van der Waals surface area (Å²) in [7, 11) is 1.62. The highest BCUT2D eigenvalue weighted by atomic mass is 35.5. The number of hydrogen-bond acceptors (Lipinski definition) is 3. The predicted octanol–water partition coefficient (Wildman–Crippen LogP) is 1.83. The van der Waals surface area contributed by atoms with Crippen molar-refractivity contribution in [2.24, 2.45) is 7.05 Å². The predicted molar refractivity (Wildman–Crippen MR) is 58.4 cm³/mol. The molecule has 0 saturated heterocycles. The molecule has 0 atom stereocenters. The third kappa shape index (κ3) is 1.77. The van der Waals surface area contributed by atoms with Crippen LogP contribution in [0.1, 0.15) is 10.6 Å². The highest BCUT2D eigenvalue weighted by Gasteiger charge is 2.15. The van der Waals surface area contributed by atoms with Gasteiger partial charge in [0.15, 0.2) is 5.82 Å². The van der Waals surface area contributed by atoms with E-state index in [4.69, 9.17) is 16.7 Å². The van der Waals surface area contributed by atoms with Gasteiger partial charge in [0, 0.05) is 12.6 Å². The third-order valence-corrected chi connectivity index (χ3v) is 2.40. The van der Waals surface area contributed by atoms with E-state index in [9.17, 15) is 4.79 Å². The van der Waals surface area contributed by atoms with Crippen LogP contribution in [0.15, 0.2) is 24.3 Å². The van der Waals surface area contributed by atoms with Gasteiger partial charge in [0.2, 0.25) is 0 Å². The quantitative estimate of drug-likeness (QED) is 0.865. The fourth-order valence-electron chi connectivity index (χ4n) is 1.35. The van der Waals surface area contributed by atoms with Crippen LogP contribution in [0.5, 0.6) is 0 Å². The monoisotopic (exact) mass is 237 g/mol. The molecule has 0 radical (unpaired) electrons. The molecule has 0 aliphatic rings. The highest BCUT2D eigenvalue weighted by molar-refractivity contribution is 6.33. The molecule has 0 aliphatic carbocycles. The molecule has 1 aromatic heterocycles. The van der Waals surface area contributed by atoms with Gasteiger partial charge in [-0.25, -0.2) is 14.5 Å². The number of aromatic carboxylic acids is 1. The molecule has 0 aliphatic heterocycles. The molecule has 0 fully saturated rings. The summed E-state index contributed by atoms with van der Waals surface area (Å²) in [6, 6.07) is 7.07. The summed E-state index contributed by atoms with van der Waals surface area (Å²) >= 11 is 5.99. The average molecular weight is 238 g/mol. The van der Waals surface area contributed by atoms with Crippen molar-refractivity contribution in [3.05, 3.63) is 35.1 Å². The van der Waals surface area contributed by atoms with Gasteiger partial charge in [-0.1, -0.05) is 23.7 Å². The molecule has 82 valence electrons. The number of carboxylic acid groups (broad SMARTS) is 1. The lowest BCUT2D eigenvalue weighted by molar-refractivity contribution is 0.0683. The smallest absolute Gasteiger partial charge is 0.375 e. The van der Waals surface area contributed by atoms with Crippen LogP contribution in [0.25, 0.3) is 11.4 Å². The zero-order chi connectivity index (χ0) is 11.7. The number of aromatic nitrogens is 3. The lowest BCUT2D eigenvalue weighted by Gasteiger charge is -2.01. The maximum Gasteiger partial charge on any atom is 0.375 e. The molecule has 1 aromatic carbocycles. The first-order valence-corrected chi connectivity index (χ1v) is 4.86. The number of carbonyl (C=O) groups is 1. The fourth-order valence-corrected chi connectivity index (χ4v) is 1.57. The third-order valence-electron chi connectivity index (χ3n) is 2.07. The van der Waals surface area contributed by atoms with Crippen LogP contribution < -0.4 is 0 Å². The van der Waals surface area contributed by atoms with Crippen LogP contribution >= 0.6 is 11.6 Å². The number of aryl methyl sites for hydroxylation is 1. The zero-order valence-corrected chi connectivity index (χ0v) is 9.14.